The number of nitrogen functional groups attached to an aromatic ring is 1. The van der Waals surface area contributed by atoms with Crippen LogP contribution in [-0.2, 0) is 0 Å². The first-order valence-electron chi connectivity index (χ1n) is 7.27. The molecule has 4 nitrogen and oxygen atoms in total. The van der Waals surface area contributed by atoms with Crippen LogP contribution >= 0.6 is 23.2 Å². The number of nitrogens with two attached hydrogens (primary N) is 1. The number of halogens is 2. The van der Waals surface area contributed by atoms with Gasteiger partial charge in [-0.25, -0.2) is 9.97 Å². The molecular formula is C18H12Cl2N4. The van der Waals surface area contributed by atoms with Crippen molar-refractivity contribution in [1.82, 2.24) is 14.5 Å². The molecule has 0 aliphatic rings. The molecule has 0 radical (unpaired) electrons. The monoisotopic (exact) mass is 354 g/mol. The molecule has 0 unspecified atom stereocenters. The summed E-state index contributed by atoms with van der Waals surface area (Å²) in [5.74, 6) is 0.442. The third-order valence-corrected chi connectivity index (χ3v) is 4.38. The molecule has 24 heavy (non-hydrogen) atoms. The molecule has 2 aromatic heterocycles. The molecule has 2 aromatic carbocycles. The number of aromatic nitrogens is 3. The second-order valence-electron chi connectivity index (χ2n) is 5.35. The number of rotatable bonds is 2. The third-order valence-electron chi connectivity index (χ3n) is 3.87. The highest BCUT2D eigenvalue weighted by Gasteiger charge is 2.15. The molecule has 2 heterocycles. The van der Waals surface area contributed by atoms with Crippen LogP contribution in [0.4, 0.5) is 5.82 Å². The lowest BCUT2D eigenvalue weighted by Crippen LogP contribution is -1.96. The molecule has 0 fully saturated rings. The lowest BCUT2D eigenvalue weighted by atomic mass is 10.1. The maximum atomic E-state index is 6.13. The standard InChI is InChI=1S/C18H12Cl2N4/c19-12-3-1-11(2-4-12)15-9-24(14-7-5-13(20)6-8-14)18-16(15)17(21)22-10-23-18/h1-10H,(H2,21,22,23). The largest absolute Gasteiger partial charge is 0.383 e. The summed E-state index contributed by atoms with van der Waals surface area (Å²) in [6.07, 6.45) is 3.47. The zero-order valence-corrected chi connectivity index (χ0v) is 14.0. The zero-order chi connectivity index (χ0) is 16.7. The van der Waals surface area contributed by atoms with Gasteiger partial charge in [-0.1, -0.05) is 35.3 Å². The van der Waals surface area contributed by atoms with Crippen LogP contribution in [0.25, 0.3) is 27.8 Å². The van der Waals surface area contributed by atoms with E-state index in [0.717, 1.165) is 27.8 Å². The van der Waals surface area contributed by atoms with Gasteiger partial charge >= 0.3 is 0 Å². The highest BCUT2D eigenvalue weighted by atomic mass is 35.5. The summed E-state index contributed by atoms with van der Waals surface area (Å²) in [6, 6.07) is 15.2. The molecule has 0 amide bonds. The molecule has 4 rings (SSSR count). The van der Waals surface area contributed by atoms with Gasteiger partial charge in [-0.3, -0.25) is 0 Å². The Balaban J connectivity index is 2.01. The van der Waals surface area contributed by atoms with E-state index < -0.39 is 0 Å². The normalized spacial score (nSPS) is 11.1. The fourth-order valence-corrected chi connectivity index (χ4v) is 2.98. The van der Waals surface area contributed by atoms with Crippen molar-refractivity contribution >= 4 is 40.1 Å². The first kappa shape index (κ1) is 15.0. The summed E-state index contributed by atoms with van der Waals surface area (Å²) in [7, 11) is 0. The number of hydrogen-bond acceptors (Lipinski definition) is 3. The first-order chi connectivity index (χ1) is 11.6. The van der Waals surface area contributed by atoms with E-state index in [1.165, 1.54) is 6.33 Å². The van der Waals surface area contributed by atoms with E-state index in [1.54, 1.807) is 0 Å². The van der Waals surface area contributed by atoms with Gasteiger partial charge in [-0.2, -0.15) is 0 Å². The minimum absolute atomic E-state index is 0.442. The predicted octanol–water partition coefficient (Wildman–Crippen LogP) is 4.98. The van der Waals surface area contributed by atoms with Crippen LogP contribution in [0.5, 0.6) is 0 Å². The van der Waals surface area contributed by atoms with Crippen molar-refractivity contribution in [2.24, 2.45) is 0 Å². The summed E-state index contributed by atoms with van der Waals surface area (Å²) in [5, 5.41) is 2.18. The van der Waals surface area contributed by atoms with Crippen LogP contribution in [0, 0.1) is 0 Å². The molecular weight excluding hydrogens is 343 g/mol. The molecule has 0 saturated heterocycles. The predicted molar refractivity (Wildman–Crippen MR) is 98.7 cm³/mol. The Hall–Kier alpha value is -2.56. The quantitative estimate of drug-likeness (QED) is 0.552. The maximum Gasteiger partial charge on any atom is 0.150 e. The molecule has 0 saturated carbocycles. The van der Waals surface area contributed by atoms with Gasteiger partial charge in [0, 0.05) is 27.5 Å². The van der Waals surface area contributed by atoms with E-state index in [9.17, 15) is 0 Å². The number of benzene rings is 2. The minimum Gasteiger partial charge on any atom is -0.383 e. The highest BCUT2D eigenvalue weighted by Crippen LogP contribution is 2.34. The Morgan fingerprint density at radius 3 is 2.12 bits per heavy atom. The van der Waals surface area contributed by atoms with Crippen LogP contribution in [0.2, 0.25) is 10.0 Å². The number of anilines is 1. The molecule has 0 bridgehead atoms. The van der Waals surface area contributed by atoms with Gasteiger partial charge in [0.1, 0.15) is 12.1 Å². The van der Waals surface area contributed by atoms with Crippen molar-refractivity contribution in [2.45, 2.75) is 0 Å². The van der Waals surface area contributed by atoms with E-state index in [2.05, 4.69) is 9.97 Å². The van der Waals surface area contributed by atoms with E-state index in [1.807, 2.05) is 59.3 Å². The summed E-state index contributed by atoms with van der Waals surface area (Å²) >= 11 is 12.0. The van der Waals surface area contributed by atoms with Crippen LogP contribution in [0.15, 0.2) is 61.1 Å². The van der Waals surface area contributed by atoms with Gasteiger partial charge in [0.25, 0.3) is 0 Å². The number of nitrogens with zero attached hydrogens (tertiary/aromatic N) is 3. The van der Waals surface area contributed by atoms with Crippen LogP contribution in [0.1, 0.15) is 0 Å². The number of hydrogen-bond donors (Lipinski definition) is 1. The summed E-state index contributed by atoms with van der Waals surface area (Å²) < 4.78 is 1.98. The fourth-order valence-electron chi connectivity index (χ4n) is 2.73. The fraction of sp³-hybridized carbons (Fsp3) is 0. The zero-order valence-electron chi connectivity index (χ0n) is 12.4. The van der Waals surface area contributed by atoms with E-state index in [-0.39, 0.29) is 0 Å². The van der Waals surface area contributed by atoms with E-state index >= 15 is 0 Å². The van der Waals surface area contributed by atoms with Crippen molar-refractivity contribution < 1.29 is 0 Å². The minimum atomic E-state index is 0.442. The smallest absolute Gasteiger partial charge is 0.150 e. The van der Waals surface area contributed by atoms with Crippen LogP contribution in [-0.4, -0.2) is 14.5 Å². The van der Waals surface area contributed by atoms with Gasteiger partial charge < -0.3 is 10.3 Å². The molecule has 4 aromatic rings. The Bertz CT molecular complexity index is 1020. The van der Waals surface area contributed by atoms with E-state index in [4.69, 9.17) is 28.9 Å². The topological polar surface area (TPSA) is 56.7 Å². The number of fused-ring (bicyclic) bond motifs is 1. The van der Waals surface area contributed by atoms with Crippen molar-refractivity contribution in [3.05, 3.63) is 71.1 Å². The summed E-state index contributed by atoms with van der Waals surface area (Å²) in [5.41, 5.74) is 9.77. The molecule has 0 aliphatic carbocycles. The molecule has 118 valence electrons. The second-order valence-corrected chi connectivity index (χ2v) is 6.23. The Morgan fingerprint density at radius 1 is 0.833 bits per heavy atom. The summed E-state index contributed by atoms with van der Waals surface area (Å²) in [6.45, 7) is 0. The van der Waals surface area contributed by atoms with Crippen LogP contribution < -0.4 is 5.73 Å². The molecule has 6 heteroatoms. The Kier molecular flexibility index (Phi) is 3.63. The summed E-state index contributed by atoms with van der Waals surface area (Å²) in [4.78, 5) is 8.56. The van der Waals surface area contributed by atoms with Crippen molar-refractivity contribution in [2.75, 3.05) is 5.73 Å². The van der Waals surface area contributed by atoms with Gasteiger partial charge in [-0.15, -0.1) is 0 Å². The maximum absolute atomic E-state index is 6.13. The Morgan fingerprint density at radius 2 is 1.46 bits per heavy atom. The third kappa shape index (κ3) is 2.50. The highest BCUT2D eigenvalue weighted by molar-refractivity contribution is 6.31. The molecule has 0 atom stereocenters. The van der Waals surface area contributed by atoms with Crippen molar-refractivity contribution in [3.8, 4) is 16.8 Å². The average Bonchev–Trinajstić information content (AvgIpc) is 2.97. The first-order valence-corrected chi connectivity index (χ1v) is 8.02. The Labute approximate surface area is 148 Å². The van der Waals surface area contributed by atoms with Crippen molar-refractivity contribution in [1.29, 1.82) is 0 Å². The van der Waals surface area contributed by atoms with Gasteiger partial charge in [0.05, 0.1) is 5.39 Å². The lowest BCUT2D eigenvalue weighted by Gasteiger charge is -2.04. The van der Waals surface area contributed by atoms with Gasteiger partial charge in [0.2, 0.25) is 0 Å². The van der Waals surface area contributed by atoms with Gasteiger partial charge in [0.15, 0.2) is 5.65 Å². The van der Waals surface area contributed by atoms with E-state index in [0.29, 0.717) is 15.9 Å². The molecule has 0 aliphatic heterocycles. The SMILES string of the molecule is Nc1ncnc2c1c(-c1ccc(Cl)cc1)cn2-c1ccc(Cl)cc1. The lowest BCUT2D eigenvalue weighted by molar-refractivity contribution is 1.08. The van der Waals surface area contributed by atoms with Crippen LogP contribution in [0.3, 0.4) is 0 Å². The second kappa shape index (κ2) is 5.82. The average molecular weight is 355 g/mol. The molecule has 2 N–H and O–H groups in total. The van der Waals surface area contributed by atoms with Gasteiger partial charge in [-0.05, 0) is 42.0 Å². The van der Waals surface area contributed by atoms with Crippen molar-refractivity contribution in [3.63, 3.8) is 0 Å². The molecule has 0 spiro atoms.